The second-order valence-electron chi connectivity index (χ2n) is 8.64. The summed E-state index contributed by atoms with van der Waals surface area (Å²) in [5.74, 6) is 1.37. The average Bonchev–Trinajstić information content (AvgIpc) is 2.63. The maximum atomic E-state index is 12.3. The standard InChI is InChI=1S/C22H34N4O2/c1-17-5-3-11-25(13-17)15-21(27)23-19-7-9-20(10-8-19)24-22(28)16-26-12-4-6-18(2)14-26/h7-10,17-18H,3-6,11-16H2,1-2H3,(H,23,27)(H,24,28)/t17-,18+. The molecule has 154 valence electrons. The van der Waals surface area contributed by atoms with Crippen molar-refractivity contribution in [3.05, 3.63) is 24.3 Å². The molecule has 0 unspecified atom stereocenters. The van der Waals surface area contributed by atoms with Crippen LogP contribution in [0.5, 0.6) is 0 Å². The van der Waals surface area contributed by atoms with Crippen LogP contribution in [0.2, 0.25) is 0 Å². The minimum absolute atomic E-state index is 0.0186. The van der Waals surface area contributed by atoms with Crippen LogP contribution >= 0.6 is 0 Å². The molecule has 0 aliphatic carbocycles. The van der Waals surface area contributed by atoms with E-state index in [-0.39, 0.29) is 11.8 Å². The number of anilines is 2. The molecule has 1 aromatic rings. The van der Waals surface area contributed by atoms with E-state index in [1.54, 1.807) is 0 Å². The first-order valence-corrected chi connectivity index (χ1v) is 10.6. The van der Waals surface area contributed by atoms with Gasteiger partial charge in [0, 0.05) is 24.5 Å². The van der Waals surface area contributed by atoms with Crippen LogP contribution in [0, 0.1) is 11.8 Å². The van der Waals surface area contributed by atoms with E-state index in [0.717, 1.165) is 37.6 Å². The highest BCUT2D eigenvalue weighted by molar-refractivity contribution is 5.94. The fourth-order valence-corrected chi connectivity index (χ4v) is 4.30. The highest BCUT2D eigenvalue weighted by Crippen LogP contribution is 2.18. The number of hydrogen-bond acceptors (Lipinski definition) is 4. The van der Waals surface area contributed by atoms with Gasteiger partial charge in [-0.25, -0.2) is 0 Å². The summed E-state index contributed by atoms with van der Waals surface area (Å²) in [6, 6.07) is 7.37. The Kier molecular flexibility index (Phi) is 7.45. The Bertz CT molecular complexity index is 604. The molecule has 2 atom stereocenters. The third kappa shape index (κ3) is 6.60. The van der Waals surface area contributed by atoms with Gasteiger partial charge in [0.05, 0.1) is 13.1 Å². The molecular weight excluding hydrogens is 352 g/mol. The number of carbonyl (C=O) groups is 2. The van der Waals surface area contributed by atoms with E-state index in [9.17, 15) is 9.59 Å². The summed E-state index contributed by atoms with van der Waals surface area (Å²) in [6.45, 7) is 9.35. The van der Waals surface area contributed by atoms with Crippen LogP contribution < -0.4 is 10.6 Å². The van der Waals surface area contributed by atoms with Crippen LogP contribution in [-0.2, 0) is 9.59 Å². The van der Waals surface area contributed by atoms with Crippen molar-refractivity contribution < 1.29 is 9.59 Å². The number of rotatable bonds is 6. The Morgan fingerprint density at radius 3 is 1.57 bits per heavy atom. The molecule has 0 aromatic heterocycles. The van der Waals surface area contributed by atoms with Crippen molar-refractivity contribution in [2.75, 3.05) is 49.9 Å². The second-order valence-corrected chi connectivity index (χ2v) is 8.64. The summed E-state index contributed by atoms with van der Waals surface area (Å²) in [6.07, 6.45) is 4.84. The highest BCUT2D eigenvalue weighted by atomic mass is 16.2. The van der Waals surface area contributed by atoms with Crippen molar-refractivity contribution in [1.82, 2.24) is 9.80 Å². The van der Waals surface area contributed by atoms with Gasteiger partial charge in [-0.2, -0.15) is 0 Å². The average molecular weight is 387 g/mol. The van der Waals surface area contributed by atoms with Crippen molar-refractivity contribution in [2.24, 2.45) is 11.8 Å². The smallest absolute Gasteiger partial charge is 0.238 e. The van der Waals surface area contributed by atoms with Gasteiger partial charge in [-0.1, -0.05) is 13.8 Å². The maximum absolute atomic E-state index is 12.3. The van der Waals surface area contributed by atoms with Crippen molar-refractivity contribution >= 4 is 23.2 Å². The molecule has 2 amide bonds. The molecule has 0 spiro atoms. The second kappa shape index (κ2) is 10.0. The maximum Gasteiger partial charge on any atom is 0.238 e. The van der Waals surface area contributed by atoms with E-state index < -0.39 is 0 Å². The molecule has 28 heavy (non-hydrogen) atoms. The molecule has 6 heteroatoms. The molecular formula is C22H34N4O2. The van der Waals surface area contributed by atoms with Gasteiger partial charge in [0.25, 0.3) is 0 Å². The number of hydrogen-bond donors (Lipinski definition) is 2. The van der Waals surface area contributed by atoms with E-state index >= 15 is 0 Å². The lowest BCUT2D eigenvalue weighted by molar-refractivity contribution is -0.118. The summed E-state index contributed by atoms with van der Waals surface area (Å²) in [4.78, 5) is 29.0. The zero-order valence-electron chi connectivity index (χ0n) is 17.2. The quantitative estimate of drug-likeness (QED) is 0.789. The third-order valence-electron chi connectivity index (χ3n) is 5.67. The first-order valence-electron chi connectivity index (χ1n) is 10.6. The molecule has 2 saturated heterocycles. The summed E-state index contributed by atoms with van der Waals surface area (Å²) >= 11 is 0. The number of piperidine rings is 2. The molecule has 6 nitrogen and oxygen atoms in total. The number of benzene rings is 1. The fourth-order valence-electron chi connectivity index (χ4n) is 4.30. The topological polar surface area (TPSA) is 64.7 Å². The molecule has 2 fully saturated rings. The minimum Gasteiger partial charge on any atom is -0.325 e. The minimum atomic E-state index is 0.0186. The van der Waals surface area contributed by atoms with Crippen molar-refractivity contribution in [1.29, 1.82) is 0 Å². The SMILES string of the molecule is C[C@@H]1CCCN(CC(=O)Nc2ccc(NC(=O)CN3CCC[C@H](C)C3)cc2)C1. The molecule has 1 aromatic carbocycles. The lowest BCUT2D eigenvalue weighted by atomic mass is 10.0. The van der Waals surface area contributed by atoms with E-state index in [1.165, 1.54) is 25.7 Å². The highest BCUT2D eigenvalue weighted by Gasteiger charge is 2.19. The number of amides is 2. The molecule has 0 bridgehead atoms. The van der Waals surface area contributed by atoms with Crippen LogP contribution in [0.1, 0.15) is 39.5 Å². The number of nitrogens with one attached hydrogen (secondary N) is 2. The van der Waals surface area contributed by atoms with Gasteiger partial charge in [0.15, 0.2) is 0 Å². The number of likely N-dealkylation sites (tertiary alicyclic amines) is 2. The molecule has 2 heterocycles. The third-order valence-corrected chi connectivity index (χ3v) is 5.67. The Morgan fingerprint density at radius 1 is 0.821 bits per heavy atom. The fraction of sp³-hybridized carbons (Fsp3) is 0.636. The Morgan fingerprint density at radius 2 is 1.21 bits per heavy atom. The predicted octanol–water partition coefficient (Wildman–Crippen LogP) is 3.03. The Hall–Kier alpha value is -1.92. The van der Waals surface area contributed by atoms with Crippen LogP contribution in [-0.4, -0.2) is 60.9 Å². The molecule has 2 N–H and O–H groups in total. The van der Waals surface area contributed by atoms with E-state index in [1.807, 2.05) is 24.3 Å². The summed E-state index contributed by atoms with van der Waals surface area (Å²) in [5, 5.41) is 5.91. The van der Waals surface area contributed by atoms with Crippen LogP contribution in [0.25, 0.3) is 0 Å². The van der Waals surface area contributed by atoms with Gasteiger partial charge in [0.2, 0.25) is 11.8 Å². The number of nitrogens with zero attached hydrogens (tertiary/aromatic N) is 2. The first-order chi connectivity index (χ1) is 13.5. The van der Waals surface area contributed by atoms with Gasteiger partial charge < -0.3 is 10.6 Å². The molecule has 0 radical (unpaired) electrons. The van der Waals surface area contributed by atoms with E-state index in [4.69, 9.17) is 0 Å². The normalized spacial score (nSPS) is 23.9. The number of carbonyl (C=O) groups excluding carboxylic acids is 2. The summed E-state index contributed by atoms with van der Waals surface area (Å²) in [5.41, 5.74) is 1.52. The molecule has 2 aliphatic rings. The lowest BCUT2D eigenvalue weighted by Crippen LogP contribution is -2.39. The van der Waals surface area contributed by atoms with Gasteiger partial charge in [-0.3, -0.25) is 19.4 Å². The Labute approximate surface area is 168 Å². The lowest BCUT2D eigenvalue weighted by Gasteiger charge is -2.30. The van der Waals surface area contributed by atoms with E-state index in [0.29, 0.717) is 24.9 Å². The van der Waals surface area contributed by atoms with Crippen LogP contribution in [0.15, 0.2) is 24.3 Å². The monoisotopic (exact) mass is 386 g/mol. The van der Waals surface area contributed by atoms with Gasteiger partial charge in [-0.15, -0.1) is 0 Å². The van der Waals surface area contributed by atoms with E-state index in [2.05, 4.69) is 34.3 Å². The van der Waals surface area contributed by atoms with Gasteiger partial charge in [0.1, 0.15) is 0 Å². The first kappa shape index (κ1) is 20.8. The van der Waals surface area contributed by atoms with Gasteiger partial charge >= 0.3 is 0 Å². The predicted molar refractivity (Wildman–Crippen MR) is 113 cm³/mol. The van der Waals surface area contributed by atoms with Crippen LogP contribution in [0.4, 0.5) is 11.4 Å². The molecule has 3 rings (SSSR count). The van der Waals surface area contributed by atoms with Crippen LogP contribution in [0.3, 0.4) is 0 Å². The van der Waals surface area contributed by atoms with Crippen molar-refractivity contribution in [2.45, 2.75) is 39.5 Å². The zero-order chi connectivity index (χ0) is 19.9. The van der Waals surface area contributed by atoms with Crippen molar-refractivity contribution in [3.63, 3.8) is 0 Å². The Balaban J connectivity index is 1.42. The molecule has 0 saturated carbocycles. The van der Waals surface area contributed by atoms with Gasteiger partial charge in [-0.05, 0) is 74.9 Å². The van der Waals surface area contributed by atoms with Crippen molar-refractivity contribution in [3.8, 4) is 0 Å². The zero-order valence-corrected chi connectivity index (χ0v) is 17.2. The molecule has 2 aliphatic heterocycles. The summed E-state index contributed by atoms with van der Waals surface area (Å²) < 4.78 is 0. The largest absolute Gasteiger partial charge is 0.325 e. The summed E-state index contributed by atoms with van der Waals surface area (Å²) in [7, 11) is 0.